The van der Waals surface area contributed by atoms with Crippen molar-refractivity contribution in [2.45, 2.75) is 0 Å². The lowest BCUT2D eigenvalue weighted by Crippen LogP contribution is -2.21. The lowest BCUT2D eigenvalue weighted by atomic mass is 10.2. The monoisotopic (exact) mass is 423 g/mol. The summed E-state index contributed by atoms with van der Waals surface area (Å²) in [5.41, 5.74) is 2.72. The summed E-state index contributed by atoms with van der Waals surface area (Å²) in [6.07, 6.45) is 0. The van der Waals surface area contributed by atoms with Gasteiger partial charge in [-0.2, -0.15) is 0 Å². The lowest BCUT2D eigenvalue weighted by molar-refractivity contribution is -0.114. The maximum atomic E-state index is 12.2. The van der Waals surface area contributed by atoms with Gasteiger partial charge in [0.1, 0.15) is 0 Å². The van der Waals surface area contributed by atoms with Crippen LogP contribution in [0.25, 0.3) is 0 Å². The topological polar surface area (TPSA) is 70.2 Å². The summed E-state index contributed by atoms with van der Waals surface area (Å²) in [6, 6.07) is 23.6. The largest absolute Gasteiger partial charge is 0.376 e. The van der Waals surface area contributed by atoms with Crippen molar-refractivity contribution in [3.05, 3.63) is 88.9 Å². The predicted molar refractivity (Wildman–Crippen MR) is 112 cm³/mol. The van der Waals surface area contributed by atoms with Crippen molar-refractivity contribution in [1.82, 2.24) is 0 Å². The number of halogens is 1. The van der Waals surface area contributed by atoms with Crippen LogP contribution in [0.2, 0.25) is 0 Å². The molecule has 0 aromatic heterocycles. The van der Waals surface area contributed by atoms with Crippen LogP contribution < -0.4 is 16.0 Å². The summed E-state index contributed by atoms with van der Waals surface area (Å²) in [5, 5.41) is 8.72. The summed E-state index contributed by atoms with van der Waals surface area (Å²) in [5.74, 6) is -0.336. The van der Waals surface area contributed by atoms with Gasteiger partial charge in [-0.1, -0.05) is 40.2 Å². The molecule has 3 aromatic rings. The molecule has 3 aromatic carbocycles. The SMILES string of the molecule is O=C(CNc1cccc(NC(=O)c2ccccc2)c1)Nc1ccc(Br)cc1. The number of nitrogens with one attached hydrogen (secondary N) is 3. The maximum Gasteiger partial charge on any atom is 0.255 e. The molecule has 27 heavy (non-hydrogen) atoms. The fraction of sp³-hybridized carbons (Fsp3) is 0.0476. The van der Waals surface area contributed by atoms with E-state index in [4.69, 9.17) is 0 Å². The fourth-order valence-electron chi connectivity index (χ4n) is 2.42. The second kappa shape index (κ2) is 9.00. The molecule has 0 heterocycles. The van der Waals surface area contributed by atoms with Crippen LogP contribution >= 0.6 is 15.9 Å². The first-order valence-corrected chi connectivity index (χ1v) is 9.15. The Morgan fingerprint density at radius 3 is 2.19 bits per heavy atom. The summed E-state index contributed by atoms with van der Waals surface area (Å²) >= 11 is 3.36. The molecule has 3 N–H and O–H groups in total. The third-order valence-corrected chi connectivity index (χ3v) is 4.27. The molecule has 0 radical (unpaired) electrons. The number of amides is 2. The van der Waals surface area contributed by atoms with Gasteiger partial charge < -0.3 is 16.0 Å². The van der Waals surface area contributed by atoms with E-state index in [1.807, 2.05) is 54.6 Å². The van der Waals surface area contributed by atoms with Gasteiger partial charge in [0.15, 0.2) is 0 Å². The van der Waals surface area contributed by atoms with E-state index in [0.29, 0.717) is 11.3 Å². The zero-order valence-corrected chi connectivity index (χ0v) is 16.0. The molecule has 5 nitrogen and oxygen atoms in total. The molecule has 0 saturated heterocycles. The summed E-state index contributed by atoms with van der Waals surface area (Å²) in [7, 11) is 0. The van der Waals surface area contributed by atoms with Gasteiger partial charge in [-0.25, -0.2) is 0 Å². The summed E-state index contributed by atoms with van der Waals surface area (Å²) in [4.78, 5) is 24.3. The third kappa shape index (κ3) is 5.69. The number of hydrogen-bond donors (Lipinski definition) is 3. The molecule has 0 aliphatic carbocycles. The minimum atomic E-state index is -0.180. The zero-order chi connectivity index (χ0) is 19.1. The average molecular weight is 424 g/mol. The van der Waals surface area contributed by atoms with E-state index in [9.17, 15) is 9.59 Å². The molecule has 0 spiro atoms. The Balaban J connectivity index is 1.55. The van der Waals surface area contributed by atoms with E-state index in [-0.39, 0.29) is 18.4 Å². The highest BCUT2D eigenvalue weighted by Gasteiger charge is 2.06. The maximum absolute atomic E-state index is 12.2. The van der Waals surface area contributed by atoms with Gasteiger partial charge in [-0.05, 0) is 54.6 Å². The molecular weight excluding hydrogens is 406 g/mol. The Morgan fingerprint density at radius 1 is 0.741 bits per heavy atom. The summed E-state index contributed by atoms with van der Waals surface area (Å²) in [6.45, 7) is 0.117. The highest BCUT2D eigenvalue weighted by Crippen LogP contribution is 2.17. The van der Waals surface area contributed by atoms with Gasteiger partial charge in [0.25, 0.3) is 5.91 Å². The minimum Gasteiger partial charge on any atom is -0.376 e. The van der Waals surface area contributed by atoms with Crippen LogP contribution in [-0.2, 0) is 4.79 Å². The smallest absolute Gasteiger partial charge is 0.255 e. The molecular formula is C21H18BrN3O2. The molecule has 0 unspecified atom stereocenters. The number of benzene rings is 3. The number of carbonyl (C=O) groups is 2. The molecule has 0 aliphatic heterocycles. The normalized spacial score (nSPS) is 10.1. The molecule has 0 atom stereocenters. The molecule has 3 rings (SSSR count). The van der Waals surface area contributed by atoms with Crippen molar-refractivity contribution in [2.75, 3.05) is 22.5 Å². The van der Waals surface area contributed by atoms with Crippen molar-refractivity contribution in [1.29, 1.82) is 0 Å². The van der Waals surface area contributed by atoms with Crippen LogP contribution in [0, 0.1) is 0 Å². The number of anilines is 3. The Bertz CT molecular complexity index is 928. The average Bonchev–Trinajstić information content (AvgIpc) is 2.69. The second-order valence-electron chi connectivity index (χ2n) is 5.81. The Labute approximate surface area is 165 Å². The fourth-order valence-corrected chi connectivity index (χ4v) is 2.68. The minimum absolute atomic E-state index is 0.117. The van der Waals surface area contributed by atoms with Gasteiger partial charge >= 0.3 is 0 Å². The molecule has 0 bridgehead atoms. The number of carbonyl (C=O) groups excluding carboxylic acids is 2. The predicted octanol–water partition coefficient (Wildman–Crippen LogP) is 4.75. The Kier molecular flexibility index (Phi) is 6.22. The Hall–Kier alpha value is -3.12. The van der Waals surface area contributed by atoms with Gasteiger partial charge in [0.2, 0.25) is 5.91 Å². The lowest BCUT2D eigenvalue weighted by Gasteiger charge is -2.10. The van der Waals surface area contributed by atoms with Crippen LogP contribution in [0.3, 0.4) is 0 Å². The Morgan fingerprint density at radius 2 is 1.44 bits per heavy atom. The van der Waals surface area contributed by atoms with Crippen LogP contribution in [0.5, 0.6) is 0 Å². The third-order valence-electron chi connectivity index (χ3n) is 3.74. The first-order chi connectivity index (χ1) is 13.1. The van der Waals surface area contributed by atoms with Crippen LogP contribution in [0.1, 0.15) is 10.4 Å². The van der Waals surface area contributed by atoms with Crippen LogP contribution in [-0.4, -0.2) is 18.4 Å². The van der Waals surface area contributed by atoms with Gasteiger partial charge in [0.05, 0.1) is 6.54 Å². The molecule has 0 fully saturated rings. The standard InChI is InChI=1S/C21H18BrN3O2/c22-16-9-11-17(12-10-16)24-20(26)14-23-18-7-4-8-19(13-18)25-21(27)15-5-2-1-3-6-15/h1-13,23H,14H2,(H,24,26)(H,25,27). The van der Waals surface area contributed by atoms with E-state index in [0.717, 1.165) is 15.8 Å². The van der Waals surface area contributed by atoms with Crippen molar-refractivity contribution < 1.29 is 9.59 Å². The van der Waals surface area contributed by atoms with Crippen molar-refractivity contribution in [2.24, 2.45) is 0 Å². The first kappa shape index (κ1) is 18.7. The second-order valence-corrected chi connectivity index (χ2v) is 6.73. The molecule has 6 heteroatoms. The van der Waals surface area contributed by atoms with Crippen molar-refractivity contribution >= 4 is 44.8 Å². The highest BCUT2D eigenvalue weighted by molar-refractivity contribution is 9.10. The van der Waals surface area contributed by atoms with Crippen LogP contribution in [0.15, 0.2) is 83.3 Å². The van der Waals surface area contributed by atoms with E-state index < -0.39 is 0 Å². The molecule has 0 saturated carbocycles. The van der Waals surface area contributed by atoms with E-state index >= 15 is 0 Å². The van der Waals surface area contributed by atoms with Crippen molar-refractivity contribution in [3.8, 4) is 0 Å². The van der Waals surface area contributed by atoms with Crippen LogP contribution in [0.4, 0.5) is 17.1 Å². The van der Waals surface area contributed by atoms with Gasteiger partial charge in [-0.15, -0.1) is 0 Å². The molecule has 136 valence electrons. The molecule has 0 aliphatic rings. The van der Waals surface area contributed by atoms with E-state index in [1.54, 1.807) is 24.3 Å². The van der Waals surface area contributed by atoms with E-state index in [1.165, 1.54) is 0 Å². The van der Waals surface area contributed by atoms with Crippen molar-refractivity contribution in [3.63, 3.8) is 0 Å². The van der Waals surface area contributed by atoms with E-state index in [2.05, 4.69) is 31.9 Å². The first-order valence-electron chi connectivity index (χ1n) is 8.36. The quantitative estimate of drug-likeness (QED) is 0.535. The van der Waals surface area contributed by atoms with Gasteiger partial charge in [-0.3, -0.25) is 9.59 Å². The summed E-state index contributed by atoms with van der Waals surface area (Å²) < 4.78 is 0.952. The molecule has 2 amide bonds. The highest BCUT2D eigenvalue weighted by atomic mass is 79.9. The number of hydrogen-bond acceptors (Lipinski definition) is 3. The zero-order valence-electron chi connectivity index (χ0n) is 14.4. The van der Waals surface area contributed by atoms with Gasteiger partial charge in [0, 0.05) is 27.1 Å². The number of rotatable bonds is 6.